The summed E-state index contributed by atoms with van der Waals surface area (Å²) in [6.45, 7) is 0. The number of hydrogen-bond acceptors (Lipinski definition) is 10. The van der Waals surface area contributed by atoms with Gasteiger partial charge in [0.05, 0.1) is 12.2 Å². The van der Waals surface area contributed by atoms with E-state index in [1.807, 2.05) is 47.4 Å². The Kier molecular flexibility index (Phi) is 129. The number of alkyl halides is 7. The summed E-state index contributed by atoms with van der Waals surface area (Å²) in [5.41, 5.74) is 0. The fourth-order valence-corrected chi connectivity index (χ4v) is 1.19. The van der Waals surface area contributed by atoms with Crippen LogP contribution in [0, 0.1) is 32.5 Å². The Morgan fingerprint density at radius 1 is 0.880 bits per heavy atom. The normalized spacial score (nSPS) is 8.48. The number of hydrogen-bond donors (Lipinski definition) is 2. The summed E-state index contributed by atoms with van der Waals surface area (Å²) < 4.78 is 78.0. The van der Waals surface area contributed by atoms with Crippen LogP contribution < -0.4 is 0 Å². The van der Waals surface area contributed by atoms with Crippen molar-refractivity contribution in [1.29, 1.82) is 20.1 Å². The minimum atomic E-state index is -4.81. The van der Waals surface area contributed by atoms with Crippen molar-refractivity contribution in [3.05, 3.63) is 0 Å². The van der Waals surface area contributed by atoms with Crippen LogP contribution >= 0.6 is 202 Å². The molecule has 0 saturated heterocycles. The second kappa shape index (κ2) is 73.4. The molecule has 0 saturated carbocycles. The number of halogens is 12. The summed E-state index contributed by atoms with van der Waals surface area (Å²) in [7, 11) is -4.70. The number of nitrogens with one attached hydrogen (secondary N) is 2. The molecule has 0 fully saturated rings. The third kappa shape index (κ3) is 279. The predicted octanol–water partition coefficient (Wildman–Crippen LogP) is 12.7. The van der Waals surface area contributed by atoms with Gasteiger partial charge in [-0.15, -0.1) is 15.1 Å². The van der Waals surface area contributed by atoms with Crippen LogP contribution in [-0.2, 0) is 70.7 Å². The molecule has 0 aliphatic carbocycles. The van der Waals surface area contributed by atoms with Crippen molar-refractivity contribution in [3.8, 4) is 12.4 Å². The van der Waals surface area contributed by atoms with Gasteiger partial charge >= 0.3 is 126 Å². The second-order valence-electron chi connectivity index (χ2n) is 6.82. The van der Waals surface area contributed by atoms with Gasteiger partial charge in [-0.3, -0.25) is 18.6 Å². The maximum absolute atomic E-state index is 11.4. The van der Waals surface area contributed by atoms with E-state index in [9.17, 15) is 26.4 Å². The van der Waals surface area contributed by atoms with Crippen LogP contribution in [0.4, 0.5) is 13.2 Å². The van der Waals surface area contributed by atoms with E-state index >= 15 is 0 Å². The van der Waals surface area contributed by atoms with Gasteiger partial charge in [0.25, 0.3) is 0 Å². The average Bonchev–Trinajstić information content (AvgIpc) is 2.85. The Morgan fingerprint density at radius 2 is 1.08 bits per heavy atom. The van der Waals surface area contributed by atoms with Gasteiger partial charge in [0.2, 0.25) is 12.4 Å². The molecule has 1 amide bonds. The summed E-state index contributed by atoms with van der Waals surface area (Å²) in [5, 5.41) is 15.6. The van der Waals surface area contributed by atoms with Crippen molar-refractivity contribution in [3.63, 3.8) is 0 Å². The van der Waals surface area contributed by atoms with Gasteiger partial charge in [0.15, 0.2) is 0 Å². The summed E-state index contributed by atoms with van der Waals surface area (Å²) in [6.07, 6.45) is 18.4. The molecule has 0 atom stereocenters. The molecule has 0 spiro atoms. The number of thioether (sulfide) groups is 1. The molecule has 30 heteroatoms. The third-order valence-electron chi connectivity index (χ3n) is 0.992. The van der Waals surface area contributed by atoms with Crippen LogP contribution in [0.15, 0.2) is 13.1 Å². The fraction of sp³-hybridized carbons (Fsp3) is 0.850. The summed E-state index contributed by atoms with van der Waals surface area (Å²) in [5.74, 6) is -2.00. The number of nitriles is 2. The monoisotopic (exact) mass is 1930 g/mol. The average molecular weight is 1930 g/mol. The van der Waals surface area contributed by atoms with Crippen molar-refractivity contribution in [1.82, 2.24) is 0 Å². The first-order valence-corrected chi connectivity index (χ1v) is 52.7. The van der Waals surface area contributed by atoms with Crippen molar-refractivity contribution >= 4 is 259 Å². The zero-order chi connectivity index (χ0) is 43.0. The number of amides is 1. The van der Waals surface area contributed by atoms with Gasteiger partial charge in [-0.25, -0.2) is 4.21 Å². The van der Waals surface area contributed by atoms with Gasteiger partial charge < -0.3 is 0 Å². The molecule has 0 unspecified atom stereocenters. The SMILES string of the molecule is C.CI.CI.CS(C)(=N)=O.CS(C)(=O)=NC#N.CS(C)=N.CS(C)=NC#N.CS(C)=NC(=O)C(F)(F)F.CSC.ICI.[I][V]([I])[I].[I][V][I]. The number of carbonyl (C=O) groups is 1. The molecule has 0 rings (SSSR count). The predicted molar refractivity (Wildman–Crippen MR) is 302 cm³/mol. The zero-order valence-electron chi connectivity index (χ0n) is 29.0. The van der Waals surface area contributed by atoms with E-state index in [1.165, 1.54) is 46.2 Å². The molecule has 0 bridgehead atoms. The molecule has 0 aromatic heterocycles. The maximum atomic E-state index is 11.4. The molecule has 2 N–H and O–H groups in total. The van der Waals surface area contributed by atoms with Gasteiger partial charge in [-0.05, 0) is 59.9 Å². The van der Waals surface area contributed by atoms with Crippen molar-refractivity contribution in [2.75, 3.05) is 87.4 Å². The van der Waals surface area contributed by atoms with E-state index in [-0.39, 0.29) is 33.7 Å². The van der Waals surface area contributed by atoms with Crippen molar-refractivity contribution in [2.45, 2.75) is 13.6 Å². The van der Waals surface area contributed by atoms with Gasteiger partial charge in [0.1, 0.15) is 0 Å². The van der Waals surface area contributed by atoms with Crippen LogP contribution in [0.3, 0.4) is 0 Å². The van der Waals surface area contributed by atoms with Gasteiger partial charge in [0, 0.05) is 34.8 Å². The third-order valence-corrected chi connectivity index (χ3v) is 2.49. The standard InChI is InChI=1S/C4H6F3NOS.C3H6N2OS.C3H6N2S.C2H7NOS.C2H7NS.C2H6S.CH2I2.2CH3I.CH4.5HI.2V/c1-10(2)8-3(9)4(5,6)7;1-7(2,6)5-3-4;1-6(2)5-3-4;1-5(2,3)4;1-4(2)3;1-3-2;2-1-3;2*1-2;;;;;;;;/h1-2H3;1-2H3;1-2H3;3H,1-2H3;3H,1-2H3;1-2H3;1H2;2*1H3;1H4;5*1H;;/q;;;;;;;;;;;;;;;+2;+3/p-5. The molecule has 0 radical (unpaired) electrons. The van der Waals surface area contributed by atoms with Crippen molar-refractivity contribution < 1.29 is 40.8 Å². The van der Waals surface area contributed by atoms with Crippen molar-refractivity contribution in [2.24, 2.45) is 13.1 Å². The van der Waals surface area contributed by atoms with Gasteiger partial charge in [-0.2, -0.15) is 44.2 Å². The summed E-state index contributed by atoms with van der Waals surface area (Å²) in [6, 6.07) is 0. The van der Waals surface area contributed by atoms with Gasteiger partial charge in [-0.1, -0.05) is 119 Å². The molecule has 0 heterocycles. The Hall–Kier alpha value is 6.88. The quantitative estimate of drug-likeness (QED) is 0.138. The first kappa shape index (κ1) is 88.2. The molecule has 0 aromatic rings. The van der Waals surface area contributed by atoms with Crippen LogP contribution in [0.25, 0.3) is 0 Å². The Bertz CT molecular complexity index is 1060. The summed E-state index contributed by atoms with van der Waals surface area (Å²) >= 11 is 22.7. The molecular weight excluding hydrogens is 1880 g/mol. The van der Waals surface area contributed by atoms with E-state index < -0.39 is 42.2 Å². The Morgan fingerprint density at radius 3 is 1.10 bits per heavy atom. The number of carbonyl (C=O) groups excluding carboxylic acids is 1. The van der Waals surface area contributed by atoms with Crippen LogP contribution in [-0.4, -0.2) is 108 Å². The molecule has 0 aliphatic rings. The topological polar surface area (TPSA) is 184 Å². The van der Waals surface area contributed by atoms with E-state index in [4.69, 9.17) is 20.1 Å². The van der Waals surface area contributed by atoms with Crippen LogP contribution in [0.2, 0.25) is 0 Å². The van der Waals surface area contributed by atoms with E-state index in [0.717, 1.165) is 0 Å². The molecule has 313 valence electrons. The van der Waals surface area contributed by atoms with E-state index in [1.54, 1.807) is 18.0 Å². The molecule has 0 aromatic carbocycles. The first-order chi connectivity index (χ1) is 21.9. The van der Waals surface area contributed by atoms with E-state index in [0.29, 0.717) is 9.47 Å². The fourth-order valence-electron chi connectivity index (χ4n) is 0.398. The molecule has 0 aliphatic heterocycles. The Labute approximate surface area is 437 Å². The van der Waals surface area contributed by atoms with Crippen LogP contribution in [0.5, 0.6) is 0 Å². The molecule has 10 nitrogen and oxygen atoms in total. The number of nitrogens with zero attached hydrogens (tertiary/aromatic N) is 5. The first-order valence-electron chi connectivity index (χ1n) is 10.5. The minimum absolute atomic E-state index is 0. The molecular formula is C20H50F3I9N7O3S6V2. The number of rotatable bonds is 0. The molecule has 50 heavy (non-hydrogen) atoms. The van der Waals surface area contributed by atoms with E-state index in [2.05, 4.69) is 203 Å². The Balaban J connectivity index is -0.0000000329. The van der Waals surface area contributed by atoms with Crippen LogP contribution in [0.1, 0.15) is 7.43 Å². The second-order valence-corrected chi connectivity index (χ2v) is 69.3. The summed E-state index contributed by atoms with van der Waals surface area (Å²) in [4.78, 5) is 13.7. The zero-order valence-corrected chi connectivity index (χ0v) is 56.2.